The number of ketones is 1. The Balaban J connectivity index is 2.99. The lowest BCUT2D eigenvalue weighted by Gasteiger charge is -2.29. The second kappa shape index (κ2) is 18.9. The SMILES string of the molecule is CC(=O)C(CCC(N)=O)NC(=O)[C@H](CC(C)C)NC(=O)C(CCCCN)NC(=O)C(CO)NC(=O)N1CCOCC1. The number of morpholine rings is 1. The molecule has 4 atom stereocenters. The molecule has 3 unspecified atom stereocenters. The summed E-state index contributed by atoms with van der Waals surface area (Å²) >= 11 is 0. The number of ether oxygens (including phenoxy) is 1. The summed E-state index contributed by atoms with van der Waals surface area (Å²) in [7, 11) is 0. The maximum atomic E-state index is 13.3. The number of aliphatic hydroxyl groups excluding tert-OH is 1. The highest BCUT2D eigenvalue weighted by atomic mass is 16.5. The second-order valence-electron chi connectivity index (χ2n) is 10.5. The van der Waals surface area contributed by atoms with Gasteiger partial charge in [0.05, 0.1) is 25.9 Å². The molecule has 1 rings (SSSR count). The van der Waals surface area contributed by atoms with E-state index in [1.54, 1.807) is 0 Å². The number of primary amides is 1. The molecule has 0 bridgehead atoms. The molecule has 1 aliphatic rings. The van der Waals surface area contributed by atoms with Crippen molar-refractivity contribution in [2.45, 2.75) is 83.5 Å². The third-order valence-electron chi connectivity index (χ3n) is 6.50. The van der Waals surface area contributed by atoms with E-state index in [1.165, 1.54) is 11.8 Å². The summed E-state index contributed by atoms with van der Waals surface area (Å²) in [4.78, 5) is 76.6. The Morgan fingerprint density at radius 3 is 1.93 bits per heavy atom. The van der Waals surface area contributed by atoms with Crippen molar-refractivity contribution in [2.24, 2.45) is 17.4 Å². The van der Waals surface area contributed by atoms with Crippen molar-refractivity contribution >= 4 is 35.4 Å². The number of nitrogens with zero attached hydrogens (tertiary/aromatic N) is 1. The third kappa shape index (κ3) is 13.7. The Hall–Kier alpha value is -3.30. The van der Waals surface area contributed by atoms with E-state index in [2.05, 4.69) is 21.3 Å². The molecular weight excluding hydrogens is 538 g/mol. The van der Waals surface area contributed by atoms with Crippen LogP contribution in [0.15, 0.2) is 0 Å². The number of hydrogen-bond acceptors (Lipinski definition) is 9. The number of unbranched alkanes of at least 4 members (excludes halogenated alkanes) is 1. The quantitative estimate of drug-likeness (QED) is 0.0869. The maximum absolute atomic E-state index is 13.3. The molecule has 1 heterocycles. The smallest absolute Gasteiger partial charge is 0.318 e. The lowest BCUT2D eigenvalue weighted by Crippen LogP contribution is -2.59. The molecule has 234 valence electrons. The monoisotopic (exact) mass is 585 g/mol. The predicted molar refractivity (Wildman–Crippen MR) is 149 cm³/mol. The molecule has 1 aliphatic heterocycles. The van der Waals surface area contributed by atoms with Crippen LogP contribution in [-0.2, 0) is 28.7 Å². The largest absolute Gasteiger partial charge is 0.394 e. The van der Waals surface area contributed by atoms with Gasteiger partial charge in [0, 0.05) is 19.5 Å². The topological polar surface area (TPSA) is 235 Å². The molecule has 9 N–H and O–H groups in total. The average Bonchev–Trinajstić information content (AvgIpc) is 2.92. The molecule has 0 aromatic rings. The summed E-state index contributed by atoms with van der Waals surface area (Å²) in [5.41, 5.74) is 10.8. The molecule has 0 aromatic heterocycles. The minimum atomic E-state index is -1.31. The van der Waals surface area contributed by atoms with Gasteiger partial charge in [0.25, 0.3) is 0 Å². The zero-order valence-corrected chi connectivity index (χ0v) is 24.3. The molecule has 0 aliphatic carbocycles. The first-order valence-electron chi connectivity index (χ1n) is 14.0. The Kier molecular flexibility index (Phi) is 16.5. The van der Waals surface area contributed by atoms with E-state index in [1.807, 2.05) is 13.8 Å². The summed E-state index contributed by atoms with van der Waals surface area (Å²) in [6.45, 7) is 6.04. The van der Waals surface area contributed by atoms with Gasteiger partial charge < -0.3 is 47.5 Å². The molecule has 0 spiro atoms. The van der Waals surface area contributed by atoms with Crippen LogP contribution in [-0.4, -0.2) is 109 Å². The highest BCUT2D eigenvalue weighted by Gasteiger charge is 2.31. The standard InChI is InChI=1S/C26H47N7O8/c1-16(2)14-20(24(38)29-18(17(3)35)7-8-22(28)36)31-23(37)19(6-4-5-9-27)30-25(39)21(15-34)32-26(40)33-10-12-41-13-11-33/h16,18-21,34H,4-15,27H2,1-3H3,(H2,28,36)(H,29,38)(H,30,39)(H,31,37)(H,32,40)/t18?,19?,20-,21?/m0/s1. The number of nitrogens with one attached hydrogen (secondary N) is 4. The van der Waals surface area contributed by atoms with E-state index in [0.717, 1.165) is 0 Å². The summed E-state index contributed by atoms with van der Waals surface area (Å²) in [5, 5.41) is 20.1. The Morgan fingerprint density at radius 2 is 1.39 bits per heavy atom. The van der Waals surface area contributed by atoms with Crippen molar-refractivity contribution < 1.29 is 38.6 Å². The van der Waals surface area contributed by atoms with Gasteiger partial charge in [0.2, 0.25) is 23.6 Å². The fourth-order valence-corrected chi connectivity index (χ4v) is 4.15. The Bertz CT molecular complexity index is 895. The number of carbonyl (C=O) groups is 6. The van der Waals surface area contributed by atoms with Crippen molar-refractivity contribution in [3.8, 4) is 0 Å². The molecular formula is C26H47N7O8. The molecule has 1 saturated heterocycles. The highest BCUT2D eigenvalue weighted by molar-refractivity contribution is 5.95. The fraction of sp³-hybridized carbons (Fsp3) is 0.769. The first-order chi connectivity index (χ1) is 19.4. The van der Waals surface area contributed by atoms with Crippen LogP contribution < -0.4 is 32.7 Å². The number of Topliss-reactive ketones (excluding diaryl/α,β-unsaturated/α-hetero) is 1. The van der Waals surface area contributed by atoms with Crippen LogP contribution >= 0.6 is 0 Å². The lowest BCUT2D eigenvalue weighted by atomic mass is 10.0. The van der Waals surface area contributed by atoms with E-state index >= 15 is 0 Å². The normalized spacial score (nSPS) is 16.2. The van der Waals surface area contributed by atoms with Gasteiger partial charge in [-0.05, 0) is 51.5 Å². The van der Waals surface area contributed by atoms with Crippen molar-refractivity contribution in [1.82, 2.24) is 26.2 Å². The van der Waals surface area contributed by atoms with Crippen LogP contribution in [0.4, 0.5) is 4.79 Å². The van der Waals surface area contributed by atoms with Gasteiger partial charge in [-0.1, -0.05) is 13.8 Å². The number of nitrogens with two attached hydrogens (primary N) is 2. The molecule has 0 aromatic carbocycles. The van der Waals surface area contributed by atoms with Crippen LogP contribution in [0.3, 0.4) is 0 Å². The van der Waals surface area contributed by atoms with E-state index in [9.17, 15) is 33.9 Å². The van der Waals surface area contributed by atoms with Crippen molar-refractivity contribution in [3.05, 3.63) is 0 Å². The van der Waals surface area contributed by atoms with Gasteiger partial charge in [-0.3, -0.25) is 24.0 Å². The van der Waals surface area contributed by atoms with Crippen molar-refractivity contribution in [1.29, 1.82) is 0 Å². The van der Waals surface area contributed by atoms with E-state index in [-0.39, 0.29) is 37.4 Å². The number of hydrogen-bond donors (Lipinski definition) is 7. The van der Waals surface area contributed by atoms with Crippen LogP contribution in [0.5, 0.6) is 0 Å². The minimum Gasteiger partial charge on any atom is -0.394 e. The van der Waals surface area contributed by atoms with Crippen molar-refractivity contribution in [2.75, 3.05) is 39.5 Å². The zero-order chi connectivity index (χ0) is 30.9. The summed E-state index contributed by atoms with van der Waals surface area (Å²) in [5.74, 6) is -3.04. The molecule has 0 saturated carbocycles. The summed E-state index contributed by atoms with van der Waals surface area (Å²) < 4.78 is 5.21. The number of aliphatic hydroxyl groups is 1. The maximum Gasteiger partial charge on any atom is 0.318 e. The Morgan fingerprint density at radius 1 is 0.829 bits per heavy atom. The van der Waals surface area contributed by atoms with E-state index < -0.39 is 60.4 Å². The van der Waals surface area contributed by atoms with Crippen LogP contribution in [0.1, 0.15) is 59.3 Å². The highest BCUT2D eigenvalue weighted by Crippen LogP contribution is 2.09. The Labute approximate surface area is 240 Å². The van der Waals surface area contributed by atoms with Gasteiger partial charge in [-0.25, -0.2) is 4.79 Å². The summed E-state index contributed by atoms with van der Waals surface area (Å²) in [6.07, 6.45) is 1.40. The fourth-order valence-electron chi connectivity index (χ4n) is 4.15. The van der Waals surface area contributed by atoms with Crippen molar-refractivity contribution in [3.63, 3.8) is 0 Å². The number of amides is 6. The molecule has 15 nitrogen and oxygen atoms in total. The first kappa shape index (κ1) is 35.7. The average molecular weight is 586 g/mol. The second-order valence-corrected chi connectivity index (χ2v) is 10.5. The van der Waals surface area contributed by atoms with Gasteiger partial charge in [-0.15, -0.1) is 0 Å². The zero-order valence-electron chi connectivity index (χ0n) is 24.3. The molecule has 0 radical (unpaired) electrons. The molecule has 15 heteroatoms. The number of carbonyl (C=O) groups excluding carboxylic acids is 6. The molecule has 6 amide bonds. The van der Waals surface area contributed by atoms with Crippen LogP contribution in [0.25, 0.3) is 0 Å². The first-order valence-corrected chi connectivity index (χ1v) is 14.0. The van der Waals surface area contributed by atoms with Gasteiger partial charge >= 0.3 is 6.03 Å². The predicted octanol–water partition coefficient (Wildman–Crippen LogP) is -2.13. The van der Waals surface area contributed by atoms with Crippen LogP contribution in [0.2, 0.25) is 0 Å². The van der Waals surface area contributed by atoms with Gasteiger partial charge in [-0.2, -0.15) is 0 Å². The summed E-state index contributed by atoms with van der Waals surface area (Å²) in [6, 6.07) is -4.95. The molecule has 41 heavy (non-hydrogen) atoms. The number of rotatable bonds is 18. The molecule has 1 fully saturated rings. The number of urea groups is 1. The van der Waals surface area contributed by atoms with Gasteiger partial charge in [0.1, 0.15) is 18.1 Å². The van der Waals surface area contributed by atoms with Gasteiger partial charge in [0.15, 0.2) is 5.78 Å². The third-order valence-corrected chi connectivity index (χ3v) is 6.50. The lowest BCUT2D eigenvalue weighted by molar-refractivity contribution is -0.134. The van der Waals surface area contributed by atoms with Crippen LogP contribution in [0, 0.1) is 5.92 Å². The minimum absolute atomic E-state index is 0.0214. The van der Waals surface area contributed by atoms with E-state index in [0.29, 0.717) is 45.7 Å². The van der Waals surface area contributed by atoms with E-state index in [4.69, 9.17) is 16.2 Å².